The lowest BCUT2D eigenvalue weighted by atomic mass is 10.1. The van der Waals surface area contributed by atoms with Crippen molar-refractivity contribution >= 4 is 61.1 Å². The van der Waals surface area contributed by atoms with Gasteiger partial charge in [-0.2, -0.15) is 5.10 Å². The molecule has 0 atom stereocenters. The number of hydrazone groups is 1. The fourth-order valence-electron chi connectivity index (χ4n) is 3.37. The van der Waals surface area contributed by atoms with Crippen LogP contribution in [0, 0.1) is 0 Å². The van der Waals surface area contributed by atoms with Crippen molar-refractivity contribution in [2.24, 2.45) is 5.10 Å². The van der Waals surface area contributed by atoms with Crippen LogP contribution in [0.5, 0.6) is 0 Å². The average molecular weight is 508 g/mol. The van der Waals surface area contributed by atoms with Crippen LogP contribution in [-0.2, 0) is 0 Å². The Labute approximate surface area is 196 Å². The second kappa shape index (κ2) is 8.67. The van der Waals surface area contributed by atoms with Gasteiger partial charge in [0.15, 0.2) is 0 Å². The molecule has 2 aromatic heterocycles. The van der Waals surface area contributed by atoms with E-state index in [1.165, 1.54) is 11.3 Å². The lowest BCUT2D eigenvalue weighted by Crippen LogP contribution is -1.92. The van der Waals surface area contributed by atoms with Crippen molar-refractivity contribution in [2.75, 3.05) is 5.43 Å². The molecular formula is C24H16BrClN4S. The van der Waals surface area contributed by atoms with Gasteiger partial charge in [-0.1, -0.05) is 70.0 Å². The number of benzene rings is 3. The van der Waals surface area contributed by atoms with E-state index in [2.05, 4.69) is 48.6 Å². The number of nitrogens with one attached hydrogen (secondary N) is 2. The first-order chi connectivity index (χ1) is 15.2. The fourth-order valence-corrected chi connectivity index (χ4v) is 4.43. The van der Waals surface area contributed by atoms with E-state index in [0.29, 0.717) is 5.02 Å². The Morgan fingerprint density at radius 1 is 0.968 bits per heavy atom. The summed E-state index contributed by atoms with van der Waals surface area (Å²) in [5, 5.41) is 9.05. The lowest BCUT2D eigenvalue weighted by molar-refractivity contribution is 1.29. The first-order valence-electron chi connectivity index (χ1n) is 9.54. The molecule has 4 nitrogen and oxygen atoms in total. The third kappa shape index (κ3) is 4.28. The molecule has 0 fully saturated rings. The molecule has 0 aliphatic heterocycles. The number of anilines is 1. The molecule has 0 spiro atoms. The zero-order valence-electron chi connectivity index (χ0n) is 16.1. The van der Waals surface area contributed by atoms with Gasteiger partial charge in [0.25, 0.3) is 0 Å². The van der Waals surface area contributed by atoms with E-state index in [1.807, 2.05) is 72.3 Å². The molecule has 5 rings (SSSR count). The second-order valence-corrected chi connectivity index (χ2v) is 9.09. The average Bonchev–Trinajstić information content (AvgIpc) is 3.40. The highest BCUT2D eigenvalue weighted by Crippen LogP contribution is 2.30. The van der Waals surface area contributed by atoms with Crippen LogP contribution in [-0.4, -0.2) is 16.2 Å². The largest absolute Gasteiger partial charge is 0.354 e. The number of aromatic amines is 1. The summed E-state index contributed by atoms with van der Waals surface area (Å²) in [6.45, 7) is 0. The summed E-state index contributed by atoms with van der Waals surface area (Å²) in [4.78, 5) is 8.14. The minimum Gasteiger partial charge on any atom is -0.354 e. The smallest absolute Gasteiger partial charge is 0.203 e. The van der Waals surface area contributed by atoms with Crippen molar-refractivity contribution in [1.82, 2.24) is 9.97 Å². The summed E-state index contributed by atoms with van der Waals surface area (Å²) < 4.78 is 1.05. The molecule has 31 heavy (non-hydrogen) atoms. The van der Waals surface area contributed by atoms with Crippen molar-refractivity contribution < 1.29 is 0 Å². The van der Waals surface area contributed by atoms with Crippen molar-refractivity contribution in [3.05, 3.63) is 93.2 Å². The summed E-state index contributed by atoms with van der Waals surface area (Å²) in [6, 6.07) is 24.1. The number of rotatable bonds is 5. The van der Waals surface area contributed by atoms with E-state index in [0.717, 1.165) is 48.6 Å². The summed E-state index contributed by atoms with van der Waals surface area (Å²) in [7, 11) is 0. The number of thiazole rings is 1. The molecule has 0 aliphatic carbocycles. The van der Waals surface area contributed by atoms with Crippen molar-refractivity contribution in [3.63, 3.8) is 0 Å². The van der Waals surface area contributed by atoms with Crippen LogP contribution in [0.2, 0.25) is 5.02 Å². The minimum atomic E-state index is 0.710. The van der Waals surface area contributed by atoms with E-state index >= 15 is 0 Å². The fraction of sp³-hybridized carbons (Fsp3) is 0. The van der Waals surface area contributed by atoms with Crippen LogP contribution in [0.15, 0.2) is 87.8 Å². The van der Waals surface area contributed by atoms with Crippen LogP contribution in [0.4, 0.5) is 5.13 Å². The molecule has 0 aliphatic rings. The van der Waals surface area contributed by atoms with Crippen LogP contribution >= 0.6 is 38.9 Å². The summed E-state index contributed by atoms with van der Waals surface area (Å²) in [5.74, 6) is 0. The van der Waals surface area contributed by atoms with Gasteiger partial charge in [-0.15, -0.1) is 11.3 Å². The molecule has 2 heterocycles. The SMILES string of the molecule is Clc1ccc(-c2[nH]c3ccccc3c2/C=N/Nc2nc(-c3ccc(Br)cc3)cs2)cc1. The number of hydrogen-bond acceptors (Lipinski definition) is 4. The standard InChI is InChI=1S/C24H16BrClN4S/c25-17-9-5-15(6-10-17)22-14-31-24(29-22)30-27-13-20-19-3-1-2-4-21(19)28-23(20)16-7-11-18(26)12-8-16/h1-14,28H,(H,29,30)/b27-13+. The normalized spacial score (nSPS) is 11.4. The van der Waals surface area contributed by atoms with Crippen molar-refractivity contribution in [2.45, 2.75) is 0 Å². The molecule has 0 saturated heterocycles. The maximum atomic E-state index is 6.07. The monoisotopic (exact) mass is 506 g/mol. The number of fused-ring (bicyclic) bond motifs is 1. The Hall–Kier alpha value is -2.93. The van der Waals surface area contributed by atoms with Gasteiger partial charge in [0.1, 0.15) is 0 Å². The quantitative estimate of drug-likeness (QED) is 0.188. The maximum absolute atomic E-state index is 6.07. The first kappa shape index (κ1) is 20.0. The van der Waals surface area contributed by atoms with Gasteiger partial charge in [-0.3, -0.25) is 5.43 Å². The summed E-state index contributed by atoms with van der Waals surface area (Å²) in [6.07, 6.45) is 1.84. The second-order valence-electron chi connectivity index (χ2n) is 6.88. The van der Waals surface area contributed by atoms with Crippen LogP contribution in [0.3, 0.4) is 0 Å². The maximum Gasteiger partial charge on any atom is 0.203 e. The Balaban J connectivity index is 1.43. The van der Waals surface area contributed by atoms with Gasteiger partial charge in [0.2, 0.25) is 5.13 Å². The van der Waals surface area contributed by atoms with Crippen LogP contribution in [0.1, 0.15) is 5.56 Å². The number of para-hydroxylation sites is 1. The van der Waals surface area contributed by atoms with E-state index < -0.39 is 0 Å². The number of aromatic nitrogens is 2. The van der Waals surface area contributed by atoms with Gasteiger partial charge in [0.05, 0.1) is 17.6 Å². The molecule has 152 valence electrons. The zero-order chi connectivity index (χ0) is 21.2. The predicted molar refractivity (Wildman–Crippen MR) is 135 cm³/mol. The number of hydrogen-bond donors (Lipinski definition) is 2. The summed E-state index contributed by atoms with van der Waals surface area (Å²) >= 11 is 11.1. The van der Waals surface area contributed by atoms with E-state index in [4.69, 9.17) is 11.6 Å². The zero-order valence-corrected chi connectivity index (χ0v) is 19.3. The van der Waals surface area contributed by atoms with Crippen LogP contribution in [0.25, 0.3) is 33.4 Å². The number of H-pyrrole nitrogens is 1. The molecule has 7 heteroatoms. The van der Waals surface area contributed by atoms with E-state index in [1.54, 1.807) is 0 Å². The Morgan fingerprint density at radius 3 is 2.52 bits per heavy atom. The molecule has 5 aromatic rings. The minimum absolute atomic E-state index is 0.710. The number of halogens is 2. The van der Waals surface area contributed by atoms with Crippen molar-refractivity contribution in [1.29, 1.82) is 0 Å². The Bertz CT molecular complexity index is 1370. The van der Waals surface area contributed by atoms with E-state index in [9.17, 15) is 0 Å². The molecule has 0 bridgehead atoms. The topological polar surface area (TPSA) is 53.1 Å². The Morgan fingerprint density at radius 2 is 1.71 bits per heavy atom. The third-order valence-corrected chi connectivity index (χ3v) is 6.40. The lowest BCUT2D eigenvalue weighted by Gasteiger charge is -2.01. The van der Waals surface area contributed by atoms with Gasteiger partial charge >= 0.3 is 0 Å². The summed E-state index contributed by atoms with van der Waals surface area (Å²) in [5.41, 5.74) is 9.17. The molecule has 0 saturated carbocycles. The van der Waals surface area contributed by atoms with E-state index in [-0.39, 0.29) is 0 Å². The molecule has 0 unspecified atom stereocenters. The van der Waals surface area contributed by atoms with Crippen molar-refractivity contribution in [3.8, 4) is 22.5 Å². The van der Waals surface area contributed by atoms with Gasteiger partial charge in [-0.25, -0.2) is 4.98 Å². The van der Waals surface area contributed by atoms with Gasteiger partial charge in [-0.05, 0) is 35.9 Å². The highest BCUT2D eigenvalue weighted by atomic mass is 79.9. The number of nitrogens with zero attached hydrogens (tertiary/aromatic N) is 2. The van der Waals surface area contributed by atoms with Gasteiger partial charge in [0, 0.05) is 36.9 Å². The third-order valence-electron chi connectivity index (χ3n) is 4.88. The van der Waals surface area contributed by atoms with Gasteiger partial charge < -0.3 is 4.98 Å². The van der Waals surface area contributed by atoms with Crippen LogP contribution < -0.4 is 5.43 Å². The first-order valence-corrected chi connectivity index (χ1v) is 11.6. The predicted octanol–water partition coefficient (Wildman–Crippen LogP) is 7.82. The molecule has 2 N–H and O–H groups in total. The Kier molecular flexibility index (Phi) is 5.59. The highest BCUT2D eigenvalue weighted by molar-refractivity contribution is 9.10. The molecular weight excluding hydrogens is 492 g/mol. The molecule has 3 aromatic carbocycles. The highest BCUT2D eigenvalue weighted by Gasteiger charge is 2.11. The molecule has 0 radical (unpaired) electrons. The molecule has 0 amide bonds.